The minimum atomic E-state index is -3.91. The summed E-state index contributed by atoms with van der Waals surface area (Å²) in [4.78, 5) is 4.19. The summed E-state index contributed by atoms with van der Waals surface area (Å²) >= 11 is 0. The number of ether oxygens (including phenoxy) is 1. The molecule has 0 saturated carbocycles. The van der Waals surface area contributed by atoms with E-state index in [0.717, 1.165) is 36.8 Å². The fourth-order valence-corrected chi connectivity index (χ4v) is 5.37. The molecule has 34 heavy (non-hydrogen) atoms. The highest BCUT2D eigenvalue weighted by Crippen LogP contribution is 2.29. The number of nitrogens with zero attached hydrogens (tertiary/aromatic N) is 2. The zero-order valence-electron chi connectivity index (χ0n) is 19.7. The number of hydrogen-bond donors (Lipinski definition) is 1. The van der Waals surface area contributed by atoms with Crippen LogP contribution in [0.1, 0.15) is 22.7 Å². The summed E-state index contributed by atoms with van der Waals surface area (Å²) in [5.41, 5.74) is 4.67. The lowest BCUT2D eigenvalue weighted by molar-refractivity contribution is 0.180. The van der Waals surface area contributed by atoms with E-state index in [-0.39, 0.29) is 23.2 Å². The van der Waals surface area contributed by atoms with E-state index in [1.165, 1.54) is 30.4 Å². The van der Waals surface area contributed by atoms with Gasteiger partial charge >= 0.3 is 0 Å². The number of hydrogen-bond acceptors (Lipinski definition) is 5. The van der Waals surface area contributed by atoms with Crippen molar-refractivity contribution in [2.75, 3.05) is 39.2 Å². The number of methoxy groups -OCH3 is 1. The van der Waals surface area contributed by atoms with E-state index in [1.807, 2.05) is 55.4 Å². The first-order valence-electron chi connectivity index (χ1n) is 11.2. The van der Waals surface area contributed by atoms with Crippen molar-refractivity contribution < 1.29 is 17.5 Å². The van der Waals surface area contributed by atoms with E-state index in [9.17, 15) is 12.8 Å². The third kappa shape index (κ3) is 5.24. The summed E-state index contributed by atoms with van der Waals surface area (Å²) in [6.07, 6.45) is 0.902. The molecule has 1 heterocycles. The van der Waals surface area contributed by atoms with Crippen LogP contribution in [0.25, 0.3) is 0 Å². The summed E-state index contributed by atoms with van der Waals surface area (Å²) in [6, 6.07) is 20.0. The highest BCUT2D eigenvalue weighted by atomic mass is 32.2. The summed E-state index contributed by atoms with van der Waals surface area (Å²) in [7, 11) is 1.39. The van der Waals surface area contributed by atoms with Gasteiger partial charge in [0.2, 0.25) is 10.0 Å². The average Bonchev–Trinajstić information content (AvgIpc) is 2.84. The third-order valence-corrected chi connectivity index (χ3v) is 7.72. The molecule has 1 aliphatic rings. The Bertz CT molecular complexity index is 1250. The van der Waals surface area contributed by atoms with Crippen molar-refractivity contribution in [2.24, 2.45) is 0 Å². The predicted octanol–water partition coefficient (Wildman–Crippen LogP) is 3.98. The second-order valence-corrected chi connectivity index (χ2v) is 10.4. The largest absolute Gasteiger partial charge is 0.494 e. The van der Waals surface area contributed by atoms with E-state index >= 15 is 0 Å². The van der Waals surface area contributed by atoms with Gasteiger partial charge in [0.25, 0.3) is 0 Å². The van der Waals surface area contributed by atoms with Crippen molar-refractivity contribution >= 4 is 15.7 Å². The van der Waals surface area contributed by atoms with Crippen LogP contribution < -0.4 is 14.4 Å². The first-order chi connectivity index (χ1) is 16.3. The van der Waals surface area contributed by atoms with Crippen LogP contribution in [0.2, 0.25) is 0 Å². The molecule has 1 aliphatic heterocycles. The summed E-state index contributed by atoms with van der Waals surface area (Å²) in [5, 5.41) is 0. The second kappa shape index (κ2) is 10.1. The van der Waals surface area contributed by atoms with Gasteiger partial charge in [-0.1, -0.05) is 36.4 Å². The van der Waals surface area contributed by atoms with Crippen molar-refractivity contribution in [1.82, 2.24) is 9.62 Å². The Morgan fingerprint density at radius 1 is 1.06 bits per heavy atom. The van der Waals surface area contributed by atoms with Crippen LogP contribution in [0.3, 0.4) is 0 Å². The highest BCUT2D eigenvalue weighted by Gasteiger charge is 2.27. The third-order valence-electron chi connectivity index (χ3n) is 6.30. The normalized spacial score (nSPS) is 14.9. The first kappa shape index (κ1) is 24.2. The minimum absolute atomic E-state index is 0.00444. The van der Waals surface area contributed by atoms with Crippen molar-refractivity contribution in [3.05, 3.63) is 89.2 Å². The Kier molecular flexibility index (Phi) is 7.21. The molecule has 1 N–H and O–H groups in total. The zero-order chi connectivity index (χ0) is 24.3. The number of anilines is 1. The fraction of sp³-hybridized carbons (Fsp3) is 0.308. The van der Waals surface area contributed by atoms with Gasteiger partial charge in [-0.15, -0.1) is 0 Å². The Morgan fingerprint density at radius 2 is 1.76 bits per heavy atom. The lowest BCUT2D eigenvalue weighted by Crippen LogP contribution is -2.40. The Balaban J connectivity index is 1.60. The molecule has 180 valence electrons. The zero-order valence-corrected chi connectivity index (χ0v) is 20.5. The number of fused-ring (bicyclic) bond motifs is 1. The molecule has 0 aromatic heterocycles. The minimum Gasteiger partial charge on any atom is -0.494 e. The van der Waals surface area contributed by atoms with Crippen LogP contribution in [0, 0.1) is 5.82 Å². The Morgan fingerprint density at radius 3 is 2.41 bits per heavy atom. The first-order valence-corrected chi connectivity index (χ1v) is 12.7. The van der Waals surface area contributed by atoms with E-state index in [0.29, 0.717) is 0 Å². The van der Waals surface area contributed by atoms with Gasteiger partial charge in [-0.05, 0) is 53.4 Å². The van der Waals surface area contributed by atoms with Crippen LogP contribution in [-0.2, 0) is 23.0 Å². The van der Waals surface area contributed by atoms with E-state index in [4.69, 9.17) is 4.74 Å². The quantitative estimate of drug-likeness (QED) is 0.525. The molecule has 0 saturated heterocycles. The summed E-state index contributed by atoms with van der Waals surface area (Å²) in [6.45, 7) is 1.71. The van der Waals surface area contributed by atoms with Gasteiger partial charge in [0.05, 0.1) is 12.0 Å². The maximum Gasteiger partial charge on any atom is 0.240 e. The molecule has 1 atom stereocenters. The van der Waals surface area contributed by atoms with Gasteiger partial charge < -0.3 is 9.64 Å². The smallest absolute Gasteiger partial charge is 0.240 e. The topological polar surface area (TPSA) is 61.9 Å². The average molecular weight is 484 g/mol. The highest BCUT2D eigenvalue weighted by molar-refractivity contribution is 7.89. The Labute approximate surface area is 201 Å². The molecule has 3 aromatic carbocycles. The Hall–Kier alpha value is -2.94. The van der Waals surface area contributed by atoms with Crippen molar-refractivity contribution in [2.45, 2.75) is 23.9 Å². The molecule has 8 heteroatoms. The number of benzene rings is 3. The lowest BCUT2D eigenvalue weighted by Gasteiger charge is -2.36. The molecule has 0 fully saturated rings. The van der Waals surface area contributed by atoms with Crippen LogP contribution in [-0.4, -0.2) is 47.6 Å². The van der Waals surface area contributed by atoms with E-state index in [1.54, 1.807) is 0 Å². The summed E-state index contributed by atoms with van der Waals surface area (Å²) in [5.74, 6) is -0.710. The van der Waals surface area contributed by atoms with Crippen molar-refractivity contribution in [1.29, 1.82) is 0 Å². The molecule has 3 aromatic rings. The fourth-order valence-electron chi connectivity index (χ4n) is 4.32. The number of rotatable bonds is 8. The predicted molar refractivity (Wildman–Crippen MR) is 132 cm³/mol. The van der Waals surface area contributed by atoms with E-state index in [2.05, 4.69) is 21.8 Å². The lowest BCUT2D eigenvalue weighted by atomic mass is 9.96. The standard InChI is InChI=1S/C26H30FN3O3S/c1-29(2)22-10-8-20(9-11-22)25(30-15-14-19-6-4-5-7-21(19)18-30)17-28-34(31,32)23-12-13-26(33-3)24(27)16-23/h4-13,16,25,28H,14-15,17-18H2,1-3H3/t25-/m1/s1. The van der Waals surface area contributed by atoms with Gasteiger partial charge in [0, 0.05) is 45.5 Å². The molecule has 6 nitrogen and oxygen atoms in total. The van der Waals surface area contributed by atoms with Crippen LogP contribution in [0.4, 0.5) is 10.1 Å². The molecular formula is C26H30FN3O3S. The molecule has 0 amide bonds. The molecule has 4 rings (SSSR count). The molecule has 0 aliphatic carbocycles. The molecular weight excluding hydrogens is 453 g/mol. The van der Waals surface area contributed by atoms with Crippen LogP contribution >= 0.6 is 0 Å². The van der Waals surface area contributed by atoms with Gasteiger partial charge in [-0.25, -0.2) is 17.5 Å². The maximum atomic E-state index is 14.1. The van der Waals surface area contributed by atoms with Gasteiger partial charge in [-0.3, -0.25) is 4.90 Å². The summed E-state index contributed by atoms with van der Waals surface area (Å²) < 4.78 is 47.8. The number of halogens is 1. The van der Waals surface area contributed by atoms with E-state index < -0.39 is 15.8 Å². The van der Waals surface area contributed by atoms with Gasteiger partial charge in [-0.2, -0.15) is 0 Å². The van der Waals surface area contributed by atoms with Crippen molar-refractivity contribution in [3.63, 3.8) is 0 Å². The van der Waals surface area contributed by atoms with Crippen molar-refractivity contribution in [3.8, 4) is 5.75 Å². The van der Waals surface area contributed by atoms with Gasteiger partial charge in [0.15, 0.2) is 11.6 Å². The molecule has 0 spiro atoms. The maximum absolute atomic E-state index is 14.1. The SMILES string of the molecule is COc1ccc(S(=O)(=O)NC[C@H](c2ccc(N(C)C)cc2)N2CCc3ccccc3C2)cc1F. The van der Waals surface area contributed by atoms with Crippen LogP contribution in [0.15, 0.2) is 71.6 Å². The molecule has 0 bridgehead atoms. The van der Waals surface area contributed by atoms with Crippen LogP contribution in [0.5, 0.6) is 5.75 Å². The number of nitrogens with one attached hydrogen (secondary N) is 1. The monoisotopic (exact) mass is 483 g/mol. The molecule has 0 radical (unpaired) electrons. The van der Waals surface area contributed by atoms with Gasteiger partial charge in [0.1, 0.15) is 0 Å². The number of sulfonamides is 1. The molecule has 0 unspecified atom stereocenters. The second-order valence-electron chi connectivity index (χ2n) is 8.64.